The van der Waals surface area contributed by atoms with Gasteiger partial charge in [-0.25, -0.2) is 4.98 Å². The van der Waals surface area contributed by atoms with Gasteiger partial charge in [-0.2, -0.15) is 0 Å². The fourth-order valence-corrected chi connectivity index (χ4v) is 2.24. The largest absolute Gasteiger partial charge is 0.322 e. The van der Waals surface area contributed by atoms with Crippen LogP contribution in [0.2, 0.25) is 0 Å². The van der Waals surface area contributed by atoms with Crippen LogP contribution in [0, 0.1) is 6.92 Å². The number of anilines is 1. The van der Waals surface area contributed by atoms with Crippen LogP contribution >= 0.6 is 15.9 Å². The second-order valence-electron chi connectivity index (χ2n) is 4.32. The van der Waals surface area contributed by atoms with Crippen LogP contribution < -0.4 is 5.32 Å². The molecule has 0 aliphatic carbocycles. The van der Waals surface area contributed by atoms with Gasteiger partial charge in [-0.1, -0.05) is 13.0 Å². The standard InChI is InChI=1S/C15H15BrN2O/c1-3-11-8-13(5-4-10(11)2)18-15(19)12-6-7-17-14(16)9-12/h4-9H,3H2,1-2H3,(H,18,19). The third-order valence-corrected chi connectivity index (χ3v) is 3.41. The fraction of sp³-hybridized carbons (Fsp3) is 0.200. The van der Waals surface area contributed by atoms with Crippen molar-refractivity contribution >= 4 is 27.5 Å². The molecule has 1 N–H and O–H groups in total. The number of hydrogen-bond acceptors (Lipinski definition) is 2. The molecule has 4 heteroatoms. The minimum Gasteiger partial charge on any atom is -0.322 e. The van der Waals surface area contributed by atoms with Crippen LogP contribution in [0.4, 0.5) is 5.69 Å². The number of pyridine rings is 1. The summed E-state index contributed by atoms with van der Waals surface area (Å²) in [6.45, 7) is 4.18. The lowest BCUT2D eigenvalue weighted by Crippen LogP contribution is -2.12. The van der Waals surface area contributed by atoms with E-state index in [-0.39, 0.29) is 5.91 Å². The van der Waals surface area contributed by atoms with Crippen LogP contribution in [0.1, 0.15) is 28.4 Å². The van der Waals surface area contributed by atoms with Gasteiger partial charge in [0, 0.05) is 17.4 Å². The molecule has 0 saturated carbocycles. The lowest BCUT2D eigenvalue weighted by molar-refractivity contribution is 0.102. The summed E-state index contributed by atoms with van der Waals surface area (Å²) in [6, 6.07) is 9.35. The Hall–Kier alpha value is -1.68. The van der Waals surface area contributed by atoms with Crippen molar-refractivity contribution in [3.8, 4) is 0 Å². The molecule has 0 bridgehead atoms. The molecule has 0 radical (unpaired) electrons. The van der Waals surface area contributed by atoms with Crippen molar-refractivity contribution in [2.45, 2.75) is 20.3 Å². The first-order valence-electron chi connectivity index (χ1n) is 6.12. The summed E-state index contributed by atoms with van der Waals surface area (Å²) in [5.74, 6) is -0.131. The van der Waals surface area contributed by atoms with Crippen molar-refractivity contribution in [1.82, 2.24) is 4.98 Å². The van der Waals surface area contributed by atoms with Crippen molar-refractivity contribution in [3.05, 3.63) is 57.8 Å². The summed E-state index contributed by atoms with van der Waals surface area (Å²) in [6.07, 6.45) is 2.56. The van der Waals surface area contributed by atoms with Gasteiger partial charge in [0.05, 0.1) is 0 Å². The maximum Gasteiger partial charge on any atom is 0.255 e. The minimum atomic E-state index is -0.131. The molecule has 1 aromatic carbocycles. The number of nitrogens with one attached hydrogen (secondary N) is 1. The number of amides is 1. The van der Waals surface area contributed by atoms with E-state index in [9.17, 15) is 4.79 Å². The SMILES string of the molecule is CCc1cc(NC(=O)c2ccnc(Br)c2)ccc1C. The van der Waals surface area contributed by atoms with E-state index < -0.39 is 0 Å². The third-order valence-electron chi connectivity index (χ3n) is 2.98. The molecule has 1 amide bonds. The highest BCUT2D eigenvalue weighted by atomic mass is 79.9. The predicted molar refractivity (Wildman–Crippen MR) is 80.4 cm³/mol. The van der Waals surface area contributed by atoms with E-state index in [1.165, 1.54) is 11.1 Å². The molecule has 98 valence electrons. The molecule has 3 nitrogen and oxygen atoms in total. The average Bonchev–Trinajstić information content (AvgIpc) is 2.41. The molecule has 1 aromatic heterocycles. The van der Waals surface area contributed by atoms with E-state index in [1.807, 2.05) is 18.2 Å². The van der Waals surface area contributed by atoms with Gasteiger partial charge in [-0.3, -0.25) is 4.79 Å². The lowest BCUT2D eigenvalue weighted by Gasteiger charge is -2.09. The van der Waals surface area contributed by atoms with Crippen LogP contribution in [-0.4, -0.2) is 10.9 Å². The molecule has 1 heterocycles. The summed E-state index contributed by atoms with van der Waals surface area (Å²) in [5.41, 5.74) is 3.89. The normalized spacial score (nSPS) is 10.3. The number of hydrogen-bond donors (Lipinski definition) is 1. The second-order valence-corrected chi connectivity index (χ2v) is 5.13. The molecular weight excluding hydrogens is 304 g/mol. The number of rotatable bonds is 3. The van der Waals surface area contributed by atoms with E-state index in [0.29, 0.717) is 10.2 Å². The van der Waals surface area contributed by atoms with E-state index in [2.05, 4.69) is 40.1 Å². The van der Waals surface area contributed by atoms with Crippen molar-refractivity contribution in [2.24, 2.45) is 0 Å². The van der Waals surface area contributed by atoms with E-state index in [1.54, 1.807) is 18.3 Å². The highest BCUT2D eigenvalue weighted by Crippen LogP contribution is 2.17. The molecule has 2 rings (SSSR count). The minimum absolute atomic E-state index is 0.131. The maximum atomic E-state index is 12.1. The van der Waals surface area contributed by atoms with E-state index in [0.717, 1.165) is 12.1 Å². The van der Waals surface area contributed by atoms with Gasteiger partial charge in [0.2, 0.25) is 0 Å². The zero-order valence-electron chi connectivity index (χ0n) is 10.9. The van der Waals surface area contributed by atoms with Crippen molar-refractivity contribution in [3.63, 3.8) is 0 Å². The third kappa shape index (κ3) is 3.41. The van der Waals surface area contributed by atoms with Crippen molar-refractivity contribution in [1.29, 1.82) is 0 Å². The van der Waals surface area contributed by atoms with Crippen LogP contribution in [0.3, 0.4) is 0 Å². The van der Waals surface area contributed by atoms with Gasteiger partial charge in [0.1, 0.15) is 4.60 Å². The van der Waals surface area contributed by atoms with E-state index >= 15 is 0 Å². The molecule has 0 aliphatic rings. The Bertz CT molecular complexity index is 611. The lowest BCUT2D eigenvalue weighted by atomic mass is 10.1. The van der Waals surface area contributed by atoms with Crippen molar-refractivity contribution < 1.29 is 4.79 Å². The number of nitrogens with zero attached hydrogens (tertiary/aromatic N) is 1. The fourth-order valence-electron chi connectivity index (χ4n) is 1.88. The number of benzene rings is 1. The Morgan fingerprint density at radius 1 is 1.32 bits per heavy atom. The van der Waals surface area contributed by atoms with Gasteiger partial charge in [-0.15, -0.1) is 0 Å². The molecule has 0 unspecified atom stereocenters. The smallest absolute Gasteiger partial charge is 0.255 e. The summed E-state index contributed by atoms with van der Waals surface area (Å²) >= 11 is 3.26. The van der Waals surface area contributed by atoms with Gasteiger partial charge in [0.15, 0.2) is 0 Å². The molecule has 0 aliphatic heterocycles. The van der Waals surface area contributed by atoms with Crippen LogP contribution in [0.25, 0.3) is 0 Å². The predicted octanol–water partition coefficient (Wildman–Crippen LogP) is 3.97. The van der Waals surface area contributed by atoms with Crippen LogP contribution in [-0.2, 0) is 6.42 Å². The zero-order valence-corrected chi connectivity index (χ0v) is 12.5. The second kappa shape index (κ2) is 5.97. The average molecular weight is 319 g/mol. The molecule has 19 heavy (non-hydrogen) atoms. The van der Waals surface area contributed by atoms with Crippen LogP contribution in [0.5, 0.6) is 0 Å². The number of aromatic nitrogens is 1. The first-order chi connectivity index (χ1) is 9.10. The summed E-state index contributed by atoms with van der Waals surface area (Å²) in [5, 5.41) is 2.90. The Kier molecular flexibility index (Phi) is 4.32. The van der Waals surface area contributed by atoms with E-state index in [4.69, 9.17) is 0 Å². The molecule has 0 atom stereocenters. The molecule has 0 fully saturated rings. The molecule has 2 aromatic rings. The number of halogens is 1. The van der Waals surface area contributed by atoms with Gasteiger partial charge in [0.25, 0.3) is 5.91 Å². The van der Waals surface area contributed by atoms with Crippen molar-refractivity contribution in [2.75, 3.05) is 5.32 Å². The molecular formula is C15H15BrN2O. The first kappa shape index (κ1) is 13.7. The van der Waals surface area contributed by atoms with Gasteiger partial charge >= 0.3 is 0 Å². The van der Waals surface area contributed by atoms with Gasteiger partial charge < -0.3 is 5.32 Å². The Balaban J connectivity index is 2.19. The monoisotopic (exact) mass is 318 g/mol. The highest BCUT2D eigenvalue weighted by molar-refractivity contribution is 9.10. The summed E-state index contributed by atoms with van der Waals surface area (Å²) < 4.78 is 0.651. The Morgan fingerprint density at radius 3 is 2.79 bits per heavy atom. The summed E-state index contributed by atoms with van der Waals surface area (Å²) in [7, 11) is 0. The number of carbonyl (C=O) groups is 1. The number of carbonyl (C=O) groups excluding carboxylic acids is 1. The topological polar surface area (TPSA) is 42.0 Å². The number of aryl methyl sites for hydroxylation is 2. The zero-order chi connectivity index (χ0) is 13.8. The summed E-state index contributed by atoms with van der Waals surface area (Å²) in [4.78, 5) is 16.1. The van der Waals surface area contributed by atoms with Crippen LogP contribution in [0.15, 0.2) is 41.1 Å². The maximum absolute atomic E-state index is 12.1. The first-order valence-corrected chi connectivity index (χ1v) is 6.92. The van der Waals surface area contributed by atoms with Gasteiger partial charge in [-0.05, 0) is 64.7 Å². The Labute approximate surface area is 121 Å². The Morgan fingerprint density at radius 2 is 2.11 bits per heavy atom. The highest BCUT2D eigenvalue weighted by Gasteiger charge is 2.07. The molecule has 0 saturated heterocycles. The molecule has 0 spiro atoms. The quantitative estimate of drug-likeness (QED) is 0.870.